The summed E-state index contributed by atoms with van der Waals surface area (Å²) in [7, 11) is 0. The lowest BCUT2D eigenvalue weighted by Crippen LogP contribution is -2.68. The van der Waals surface area contributed by atoms with Crippen LogP contribution in [0.2, 0.25) is 0 Å². The number of amides is 1. The number of hydrogen-bond donors (Lipinski definition) is 13. The van der Waals surface area contributed by atoms with E-state index in [4.69, 9.17) is 62.8 Å². The molecule has 1 saturated carbocycles. The van der Waals surface area contributed by atoms with Crippen LogP contribution in [0.3, 0.4) is 0 Å². The Kier molecular flexibility index (Phi) is 14.9. The second kappa shape index (κ2) is 20.1. The van der Waals surface area contributed by atoms with E-state index in [1.165, 1.54) is 17.1 Å². The van der Waals surface area contributed by atoms with Crippen molar-refractivity contribution < 1.29 is 63.9 Å². The SMILES string of the molecule is NCC1O[C@H](O[C@@H]2C(N)C[C@@H](N)C(O)[C@H]2OC2O[C@H](CSCCNC(=O)Cc3ccc4ccc5cccc6ccc3c4c56)[C@H](O[C@H]3O[C@@H](CN)[C@@H](O)C(O)C3N)[C@@H]2O)C(N)[C@@H](O)[C@@H]1O. The van der Waals surface area contributed by atoms with Crippen LogP contribution >= 0.6 is 11.8 Å². The first kappa shape index (κ1) is 47.5. The average Bonchev–Trinajstić information content (AvgIpc) is 3.58. The molecular formula is C43H61N7O13S. The van der Waals surface area contributed by atoms with Gasteiger partial charge in [0.1, 0.15) is 61.0 Å². The van der Waals surface area contributed by atoms with Crippen molar-refractivity contribution in [2.45, 2.75) is 129 Å². The second-order valence-electron chi connectivity index (χ2n) is 17.2. The Balaban J connectivity index is 0.939. The van der Waals surface area contributed by atoms with Crippen molar-refractivity contribution in [1.82, 2.24) is 5.32 Å². The van der Waals surface area contributed by atoms with Crippen molar-refractivity contribution in [3.63, 3.8) is 0 Å². The maximum absolute atomic E-state index is 13.3. The Hall–Kier alpha value is -2.98. The third-order valence-electron chi connectivity index (χ3n) is 13.0. The fourth-order valence-electron chi connectivity index (χ4n) is 9.38. The van der Waals surface area contributed by atoms with Crippen LogP contribution in [0, 0.1) is 0 Å². The minimum Gasteiger partial charge on any atom is -0.389 e. The van der Waals surface area contributed by atoms with E-state index in [0.717, 1.165) is 32.5 Å². The summed E-state index contributed by atoms with van der Waals surface area (Å²) in [5.41, 5.74) is 37.7. The molecule has 0 aromatic heterocycles. The molecular weight excluding hydrogens is 855 g/mol. The van der Waals surface area contributed by atoms with Crippen LogP contribution < -0.4 is 39.7 Å². The zero-order chi connectivity index (χ0) is 45.6. The number of aliphatic hydroxyl groups is 6. The number of benzene rings is 4. The van der Waals surface area contributed by atoms with Crippen molar-refractivity contribution in [2.75, 3.05) is 31.1 Å². The number of carbonyl (C=O) groups excluding carboxylic acids is 1. The molecule has 0 bridgehead atoms. The molecule has 3 saturated heterocycles. The Bertz CT molecular complexity index is 2180. The van der Waals surface area contributed by atoms with E-state index in [1.807, 2.05) is 18.2 Å². The Morgan fingerprint density at radius 3 is 1.80 bits per heavy atom. The lowest BCUT2D eigenvalue weighted by Gasteiger charge is -2.47. The van der Waals surface area contributed by atoms with E-state index >= 15 is 0 Å². The maximum atomic E-state index is 13.3. The van der Waals surface area contributed by atoms with Gasteiger partial charge in [-0.25, -0.2) is 0 Å². The summed E-state index contributed by atoms with van der Waals surface area (Å²) < 4.78 is 36.6. The van der Waals surface area contributed by atoms with Gasteiger partial charge in [0, 0.05) is 43.2 Å². The molecule has 4 aromatic carbocycles. The molecule has 21 heteroatoms. The highest BCUT2D eigenvalue weighted by Crippen LogP contribution is 2.37. The average molecular weight is 916 g/mol. The molecule has 3 heterocycles. The minimum atomic E-state index is -1.57. The van der Waals surface area contributed by atoms with Gasteiger partial charge in [-0.05, 0) is 44.3 Å². The molecule has 19 atom stereocenters. The zero-order valence-electron chi connectivity index (χ0n) is 35.0. The van der Waals surface area contributed by atoms with Gasteiger partial charge in [-0.3, -0.25) is 4.79 Å². The summed E-state index contributed by atoms with van der Waals surface area (Å²) in [5.74, 6) is 0.474. The molecule has 0 radical (unpaired) electrons. The Labute approximate surface area is 373 Å². The fraction of sp³-hybridized carbons (Fsp3) is 0.605. The van der Waals surface area contributed by atoms with E-state index in [-0.39, 0.29) is 37.6 Å². The van der Waals surface area contributed by atoms with Gasteiger partial charge in [0.2, 0.25) is 5.91 Å². The molecule has 7 unspecified atom stereocenters. The van der Waals surface area contributed by atoms with Crippen LogP contribution in [0.5, 0.6) is 0 Å². The van der Waals surface area contributed by atoms with Gasteiger partial charge in [-0.1, -0.05) is 54.6 Å². The second-order valence-corrected chi connectivity index (χ2v) is 18.4. The fourth-order valence-corrected chi connectivity index (χ4v) is 10.3. The summed E-state index contributed by atoms with van der Waals surface area (Å²) >= 11 is 1.39. The highest BCUT2D eigenvalue weighted by molar-refractivity contribution is 7.99. The van der Waals surface area contributed by atoms with Gasteiger partial charge >= 0.3 is 0 Å². The van der Waals surface area contributed by atoms with Gasteiger partial charge < -0.3 is 98.8 Å². The highest BCUT2D eigenvalue weighted by Gasteiger charge is 2.54. The van der Waals surface area contributed by atoms with E-state index in [0.29, 0.717) is 12.3 Å². The number of nitrogens with one attached hydrogen (secondary N) is 1. The van der Waals surface area contributed by atoms with E-state index in [2.05, 4.69) is 41.7 Å². The summed E-state index contributed by atoms with van der Waals surface area (Å²) in [6.07, 6.45) is -19.3. The molecule has 1 amide bonds. The molecule has 8 rings (SSSR count). The summed E-state index contributed by atoms with van der Waals surface area (Å²) in [5, 5.41) is 75.1. The molecule has 0 spiro atoms. The van der Waals surface area contributed by atoms with Gasteiger partial charge in [0.15, 0.2) is 18.9 Å². The number of thioether (sulfide) groups is 1. The molecule has 4 aromatic rings. The quantitative estimate of drug-likeness (QED) is 0.0400. The van der Waals surface area contributed by atoms with Gasteiger partial charge in [0.05, 0.1) is 30.7 Å². The van der Waals surface area contributed by atoms with Crippen molar-refractivity contribution in [1.29, 1.82) is 0 Å². The Morgan fingerprint density at radius 1 is 0.625 bits per heavy atom. The molecule has 4 fully saturated rings. The molecule has 20 nitrogen and oxygen atoms in total. The first-order valence-electron chi connectivity index (χ1n) is 21.6. The molecule has 64 heavy (non-hydrogen) atoms. The number of hydrogen-bond acceptors (Lipinski definition) is 20. The number of ether oxygens (including phenoxy) is 6. The highest BCUT2D eigenvalue weighted by atomic mass is 32.2. The van der Waals surface area contributed by atoms with Crippen LogP contribution in [0.15, 0.2) is 54.6 Å². The summed E-state index contributed by atoms with van der Waals surface area (Å²) in [4.78, 5) is 13.3. The van der Waals surface area contributed by atoms with Gasteiger partial charge in [0.25, 0.3) is 0 Å². The number of aliphatic hydroxyl groups excluding tert-OH is 6. The number of rotatable bonds is 15. The normalized spacial score (nSPS) is 39.5. The minimum absolute atomic E-state index is 0.0840. The third-order valence-corrected chi connectivity index (χ3v) is 14.1. The zero-order valence-corrected chi connectivity index (χ0v) is 35.8. The molecule has 352 valence electrons. The van der Waals surface area contributed by atoms with Gasteiger partial charge in [-0.2, -0.15) is 11.8 Å². The predicted octanol–water partition coefficient (Wildman–Crippen LogP) is -3.90. The molecule has 1 aliphatic carbocycles. The van der Waals surface area contributed by atoms with Crippen LogP contribution in [0.4, 0.5) is 0 Å². The topological polar surface area (TPSA) is 362 Å². The summed E-state index contributed by atoms with van der Waals surface area (Å²) in [6, 6.07) is 14.4. The number of nitrogens with two attached hydrogens (primary N) is 6. The first-order chi connectivity index (χ1) is 30.7. The van der Waals surface area contributed by atoms with E-state index in [1.54, 1.807) is 0 Å². The van der Waals surface area contributed by atoms with Crippen LogP contribution in [0.25, 0.3) is 32.3 Å². The first-order valence-corrected chi connectivity index (χ1v) is 22.8. The lowest BCUT2D eigenvalue weighted by atomic mass is 9.84. The molecule has 3 aliphatic heterocycles. The van der Waals surface area contributed by atoms with E-state index < -0.39 is 116 Å². The standard InChI is InChI=1S/C43H61N7O13S/c44-14-24-33(53)35(55)30(48)41(58-24)61-38-23(47)13-22(46)32(52)40(38)63-43-37(57)39(62-42-31(49)36(56)34(54)25(15-45)59-42)26(60-43)16-64-11-10-50-27(51)12-20-7-6-19-5-4-17-2-1-3-18-8-9-21(20)29(19)28(17)18/h1-9,22-26,30-43,52-57H,10-16,44-49H2,(H,50,51)/t22-,23?,24?,25+,26-,30?,31?,32?,33-,34-,35-,36?,37+,38-,39+,40-,41-,42-,43?/m1/s1. The van der Waals surface area contributed by atoms with Gasteiger partial charge in [-0.15, -0.1) is 0 Å². The largest absolute Gasteiger partial charge is 0.389 e. The lowest BCUT2D eigenvalue weighted by molar-refractivity contribution is -0.306. The molecule has 19 N–H and O–H groups in total. The van der Waals surface area contributed by atoms with E-state index in [9.17, 15) is 35.4 Å². The predicted molar refractivity (Wildman–Crippen MR) is 235 cm³/mol. The third kappa shape index (κ3) is 9.32. The van der Waals surface area contributed by atoms with Crippen LogP contribution in [-0.2, 0) is 39.6 Å². The van der Waals surface area contributed by atoms with Crippen molar-refractivity contribution >= 4 is 50.0 Å². The van der Waals surface area contributed by atoms with Crippen LogP contribution in [0.1, 0.15) is 12.0 Å². The van der Waals surface area contributed by atoms with Crippen molar-refractivity contribution in [3.8, 4) is 0 Å². The monoisotopic (exact) mass is 915 g/mol. The Morgan fingerprint density at radius 2 is 1.17 bits per heavy atom. The van der Waals surface area contributed by atoms with Crippen molar-refractivity contribution in [3.05, 3.63) is 60.2 Å². The number of carbonyl (C=O) groups is 1. The van der Waals surface area contributed by atoms with Crippen LogP contribution in [-0.4, -0.2) is 184 Å². The smallest absolute Gasteiger partial charge is 0.224 e. The molecule has 4 aliphatic rings. The van der Waals surface area contributed by atoms with Crippen molar-refractivity contribution in [2.24, 2.45) is 34.4 Å². The summed E-state index contributed by atoms with van der Waals surface area (Å²) in [6.45, 7) is -0.0248. The maximum Gasteiger partial charge on any atom is 0.224 e.